The third-order valence-corrected chi connectivity index (χ3v) is 3.83. The maximum absolute atomic E-state index is 13.7. The van der Waals surface area contributed by atoms with Crippen molar-refractivity contribution in [3.05, 3.63) is 29.6 Å². The maximum atomic E-state index is 13.7. The van der Waals surface area contributed by atoms with Gasteiger partial charge in [-0.2, -0.15) is 0 Å². The molecule has 2 N–H and O–H groups in total. The van der Waals surface area contributed by atoms with Crippen LogP contribution >= 0.6 is 12.2 Å². The SMILES string of the molecule is CN1CCCC1CCOc1ccc(C(N)=S)cc1F. The Balaban J connectivity index is 1.87. The number of hydrogen-bond acceptors (Lipinski definition) is 3. The first-order valence-corrected chi connectivity index (χ1v) is 6.91. The van der Waals surface area contributed by atoms with Crippen molar-refractivity contribution in [1.29, 1.82) is 0 Å². The minimum absolute atomic E-state index is 0.193. The van der Waals surface area contributed by atoms with Gasteiger partial charge in [0.15, 0.2) is 11.6 Å². The Morgan fingerprint density at radius 1 is 1.58 bits per heavy atom. The van der Waals surface area contributed by atoms with E-state index in [-0.39, 0.29) is 10.7 Å². The zero-order valence-electron chi connectivity index (χ0n) is 11.1. The van der Waals surface area contributed by atoms with E-state index in [1.165, 1.54) is 18.9 Å². The largest absolute Gasteiger partial charge is 0.490 e. The van der Waals surface area contributed by atoms with Gasteiger partial charge in [0, 0.05) is 11.6 Å². The fraction of sp³-hybridized carbons (Fsp3) is 0.500. The van der Waals surface area contributed by atoms with Crippen LogP contribution in [0, 0.1) is 5.82 Å². The van der Waals surface area contributed by atoms with E-state index in [1.807, 2.05) is 0 Å². The fourth-order valence-electron chi connectivity index (χ4n) is 2.42. The minimum atomic E-state index is -0.412. The van der Waals surface area contributed by atoms with Gasteiger partial charge in [-0.15, -0.1) is 0 Å². The molecule has 3 nitrogen and oxygen atoms in total. The van der Waals surface area contributed by atoms with Crippen molar-refractivity contribution < 1.29 is 9.13 Å². The molecule has 1 heterocycles. The number of benzene rings is 1. The highest BCUT2D eigenvalue weighted by Crippen LogP contribution is 2.21. The van der Waals surface area contributed by atoms with Crippen LogP contribution in [0.25, 0.3) is 0 Å². The number of likely N-dealkylation sites (tertiary alicyclic amines) is 1. The Morgan fingerprint density at radius 3 is 2.95 bits per heavy atom. The third-order valence-electron chi connectivity index (χ3n) is 3.60. The Hall–Kier alpha value is -1.20. The standard InChI is InChI=1S/C14H19FN2OS/c1-17-7-2-3-11(17)6-8-18-13-5-4-10(14(16)19)9-12(13)15/h4-5,9,11H,2-3,6-8H2,1H3,(H2,16,19). The summed E-state index contributed by atoms with van der Waals surface area (Å²) in [5, 5.41) is 0. The van der Waals surface area contributed by atoms with Crippen molar-refractivity contribution in [2.45, 2.75) is 25.3 Å². The molecule has 0 aliphatic carbocycles. The van der Waals surface area contributed by atoms with Crippen LogP contribution in [0.5, 0.6) is 5.75 Å². The zero-order chi connectivity index (χ0) is 13.8. The van der Waals surface area contributed by atoms with Gasteiger partial charge in [-0.25, -0.2) is 4.39 Å². The van der Waals surface area contributed by atoms with E-state index in [4.69, 9.17) is 22.7 Å². The zero-order valence-corrected chi connectivity index (χ0v) is 11.9. The summed E-state index contributed by atoms with van der Waals surface area (Å²) in [4.78, 5) is 2.52. The lowest BCUT2D eigenvalue weighted by Crippen LogP contribution is -2.26. The van der Waals surface area contributed by atoms with Crippen molar-refractivity contribution in [1.82, 2.24) is 4.90 Å². The number of rotatable bonds is 5. The molecule has 104 valence electrons. The van der Waals surface area contributed by atoms with E-state index in [2.05, 4.69) is 11.9 Å². The Morgan fingerprint density at radius 2 is 2.37 bits per heavy atom. The Kier molecular flexibility index (Phi) is 4.71. The smallest absolute Gasteiger partial charge is 0.165 e. The molecule has 1 saturated heterocycles. The molecule has 0 radical (unpaired) electrons. The van der Waals surface area contributed by atoms with Crippen molar-refractivity contribution in [3.63, 3.8) is 0 Å². The van der Waals surface area contributed by atoms with Gasteiger partial charge in [0.2, 0.25) is 0 Å². The lowest BCUT2D eigenvalue weighted by Gasteiger charge is -2.19. The van der Waals surface area contributed by atoms with Crippen LogP contribution in [-0.2, 0) is 0 Å². The first-order chi connectivity index (χ1) is 9.08. The topological polar surface area (TPSA) is 38.5 Å². The molecule has 1 atom stereocenters. The molecule has 5 heteroatoms. The monoisotopic (exact) mass is 282 g/mol. The van der Waals surface area contributed by atoms with Crippen LogP contribution in [-0.4, -0.2) is 36.1 Å². The number of nitrogens with two attached hydrogens (primary N) is 1. The molecular weight excluding hydrogens is 263 g/mol. The number of ether oxygens (including phenoxy) is 1. The molecule has 0 aromatic heterocycles. The fourth-order valence-corrected chi connectivity index (χ4v) is 2.55. The molecule has 0 saturated carbocycles. The highest BCUT2D eigenvalue weighted by molar-refractivity contribution is 7.80. The van der Waals surface area contributed by atoms with Crippen LogP contribution in [0.3, 0.4) is 0 Å². The molecule has 1 unspecified atom stereocenters. The molecule has 1 aromatic carbocycles. The lowest BCUT2D eigenvalue weighted by atomic mass is 10.1. The van der Waals surface area contributed by atoms with Crippen LogP contribution in [0.15, 0.2) is 18.2 Å². The first-order valence-electron chi connectivity index (χ1n) is 6.50. The van der Waals surface area contributed by atoms with Crippen LogP contribution in [0.4, 0.5) is 4.39 Å². The van der Waals surface area contributed by atoms with Crippen molar-refractivity contribution in [2.24, 2.45) is 5.73 Å². The van der Waals surface area contributed by atoms with Gasteiger partial charge in [0.05, 0.1) is 6.61 Å². The summed E-state index contributed by atoms with van der Waals surface area (Å²) in [6.45, 7) is 1.67. The maximum Gasteiger partial charge on any atom is 0.165 e. The van der Waals surface area contributed by atoms with Crippen molar-refractivity contribution in [2.75, 3.05) is 20.2 Å². The average Bonchev–Trinajstić information content (AvgIpc) is 2.77. The molecule has 2 rings (SSSR count). The molecule has 1 aromatic rings. The second-order valence-electron chi connectivity index (χ2n) is 4.92. The second kappa shape index (κ2) is 6.30. The Bertz CT molecular complexity index is 467. The summed E-state index contributed by atoms with van der Waals surface area (Å²) >= 11 is 4.80. The van der Waals surface area contributed by atoms with Gasteiger partial charge in [-0.1, -0.05) is 12.2 Å². The van der Waals surface area contributed by atoms with E-state index in [0.717, 1.165) is 13.0 Å². The van der Waals surface area contributed by atoms with Gasteiger partial charge in [0.1, 0.15) is 4.99 Å². The van der Waals surface area contributed by atoms with E-state index >= 15 is 0 Å². The Labute approximate surface area is 118 Å². The lowest BCUT2D eigenvalue weighted by molar-refractivity contribution is 0.228. The predicted molar refractivity (Wildman–Crippen MR) is 78.1 cm³/mol. The molecule has 0 amide bonds. The summed E-state index contributed by atoms with van der Waals surface area (Å²) in [6.07, 6.45) is 3.36. The summed E-state index contributed by atoms with van der Waals surface area (Å²) in [5.41, 5.74) is 5.97. The summed E-state index contributed by atoms with van der Waals surface area (Å²) in [7, 11) is 2.12. The minimum Gasteiger partial charge on any atom is -0.490 e. The number of nitrogens with zero attached hydrogens (tertiary/aromatic N) is 1. The van der Waals surface area contributed by atoms with E-state index in [9.17, 15) is 4.39 Å². The van der Waals surface area contributed by atoms with Gasteiger partial charge in [0.25, 0.3) is 0 Å². The first kappa shape index (κ1) is 14.2. The molecular formula is C14H19FN2OS. The number of hydrogen-bond donors (Lipinski definition) is 1. The molecule has 0 spiro atoms. The van der Waals surface area contributed by atoms with Crippen LogP contribution in [0.1, 0.15) is 24.8 Å². The molecule has 0 bridgehead atoms. The average molecular weight is 282 g/mol. The predicted octanol–water partition coefficient (Wildman–Crippen LogP) is 2.32. The summed E-state index contributed by atoms with van der Waals surface area (Å²) in [6, 6.07) is 5.14. The molecule has 1 aliphatic heterocycles. The third kappa shape index (κ3) is 3.64. The van der Waals surface area contributed by atoms with E-state index in [0.29, 0.717) is 18.2 Å². The van der Waals surface area contributed by atoms with E-state index in [1.54, 1.807) is 12.1 Å². The summed E-state index contributed by atoms with van der Waals surface area (Å²) < 4.78 is 19.2. The normalized spacial score (nSPS) is 19.6. The van der Waals surface area contributed by atoms with Gasteiger partial charge >= 0.3 is 0 Å². The quantitative estimate of drug-likeness (QED) is 0.841. The van der Waals surface area contributed by atoms with Crippen molar-refractivity contribution >= 4 is 17.2 Å². The van der Waals surface area contributed by atoms with Gasteiger partial charge < -0.3 is 15.4 Å². The summed E-state index contributed by atoms with van der Waals surface area (Å²) in [5.74, 6) is -0.147. The van der Waals surface area contributed by atoms with Crippen LogP contribution < -0.4 is 10.5 Å². The second-order valence-corrected chi connectivity index (χ2v) is 5.36. The molecule has 1 fully saturated rings. The molecule has 19 heavy (non-hydrogen) atoms. The van der Waals surface area contributed by atoms with E-state index < -0.39 is 5.82 Å². The van der Waals surface area contributed by atoms with Crippen LogP contribution in [0.2, 0.25) is 0 Å². The van der Waals surface area contributed by atoms with Gasteiger partial charge in [-0.05, 0) is 51.1 Å². The van der Waals surface area contributed by atoms with Gasteiger partial charge in [-0.3, -0.25) is 0 Å². The number of halogens is 1. The molecule has 1 aliphatic rings. The van der Waals surface area contributed by atoms with Crippen molar-refractivity contribution in [3.8, 4) is 5.75 Å². The highest BCUT2D eigenvalue weighted by Gasteiger charge is 2.20. The highest BCUT2D eigenvalue weighted by atomic mass is 32.1. The number of thiocarbonyl (C=S) groups is 1.